The van der Waals surface area contributed by atoms with Gasteiger partial charge in [-0.05, 0) is 37.1 Å². The molecule has 1 aromatic carbocycles. The minimum atomic E-state index is -0.287. The number of aliphatic hydroxyl groups excluding tert-OH is 1. The van der Waals surface area contributed by atoms with Crippen LogP contribution in [0.2, 0.25) is 0 Å². The van der Waals surface area contributed by atoms with Crippen molar-refractivity contribution in [3.8, 4) is 5.75 Å². The van der Waals surface area contributed by atoms with E-state index in [-0.39, 0.29) is 18.1 Å². The Kier molecular flexibility index (Phi) is 4.84. The van der Waals surface area contributed by atoms with E-state index >= 15 is 0 Å². The van der Waals surface area contributed by atoms with Crippen molar-refractivity contribution in [1.82, 2.24) is 4.90 Å². The van der Waals surface area contributed by atoms with E-state index in [1.807, 2.05) is 31.2 Å². The summed E-state index contributed by atoms with van der Waals surface area (Å²) in [5, 5.41) is 12.7. The molecule has 110 valence electrons. The minimum absolute atomic E-state index is 0.111. The zero-order valence-corrected chi connectivity index (χ0v) is 12.0. The van der Waals surface area contributed by atoms with Gasteiger partial charge in [0.1, 0.15) is 5.75 Å². The fourth-order valence-corrected chi connectivity index (χ4v) is 2.48. The highest BCUT2D eigenvalue weighted by Crippen LogP contribution is 2.21. The van der Waals surface area contributed by atoms with Crippen LogP contribution in [0.1, 0.15) is 19.8 Å². The van der Waals surface area contributed by atoms with Crippen LogP contribution in [0.5, 0.6) is 5.75 Å². The summed E-state index contributed by atoms with van der Waals surface area (Å²) in [5.74, 6) is 0.931. The predicted octanol–water partition coefficient (Wildman–Crippen LogP) is 2.32. The van der Waals surface area contributed by atoms with Crippen LogP contribution in [-0.2, 0) is 0 Å². The van der Waals surface area contributed by atoms with Crippen molar-refractivity contribution in [2.45, 2.75) is 25.9 Å². The number of urea groups is 1. The number of aliphatic hydroxyl groups is 1. The average molecular weight is 278 g/mol. The third kappa shape index (κ3) is 3.42. The van der Waals surface area contributed by atoms with Crippen molar-refractivity contribution in [3.05, 3.63) is 24.3 Å². The van der Waals surface area contributed by atoms with Crippen LogP contribution in [0.3, 0.4) is 0 Å². The van der Waals surface area contributed by atoms with E-state index in [9.17, 15) is 9.90 Å². The number of ether oxygens (including phenoxy) is 1. The fourth-order valence-electron chi connectivity index (χ4n) is 2.48. The molecule has 5 nitrogen and oxygen atoms in total. The minimum Gasteiger partial charge on any atom is -0.497 e. The smallest absolute Gasteiger partial charge is 0.321 e. The highest BCUT2D eigenvalue weighted by atomic mass is 16.5. The van der Waals surface area contributed by atoms with E-state index in [1.54, 1.807) is 12.0 Å². The lowest BCUT2D eigenvalue weighted by molar-refractivity contribution is 0.0405. The van der Waals surface area contributed by atoms with E-state index in [1.165, 1.54) is 0 Å². The van der Waals surface area contributed by atoms with Crippen molar-refractivity contribution < 1.29 is 14.6 Å². The summed E-state index contributed by atoms with van der Waals surface area (Å²) in [7, 11) is 1.61. The van der Waals surface area contributed by atoms with Crippen molar-refractivity contribution in [3.63, 3.8) is 0 Å². The molecule has 1 heterocycles. The maximum absolute atomic E-state index is 12.2. The van der Waals surface area contributed by atoms with Crippen LogP contribution in [0.15, 0.2) is 24.3 Å². The summed E-state index contributed by atoms with van der Waals surface area (Å²) in [6.45, 7) is 3.25. The molecule has 2 unspecified atom stereocenters. The summed E-state index contributed by atoms with van der Waals surface area (Å²) in [6.07, 6.45) is 1.24. The van der Waals surface area contributed by atoms with Gasteiger partial charge >= 0.3 is 6.03 Å². The van der Waals surface area contributed by atoms with Gasteiger partial charge in [-0.1, -0.05) is 6.92 Å². The van der Waals surface area contributed by atoms with Gasteiger partial charge in [-0.3, -0.25) is 0 Å². The fraction of sp³-hybridized carbons (Fsp3) is 0.533. The molecule has 2 rings (SSSR count). The first-order valence-electron chi connectivity index (χ1n) is 7.02. The molecule has 0 spiro atoms. The monoisotopic (exact) mass is 278 g/mol. The lowest BCUT2D eigenvalue weighted by atomic mass is 9.93. The second-order valence-corrected chi connectivity index (χ2v) is 5.13. The van der Waals surface area contributed by atoms with Crippen LogP contribution >= 0.6 is 0 Å². The maximum Gasteiger partial charge on any atom is 0.321 e. The third-order valence-electron chi connectivity index (χ3n) is 3.85. The number of hydrogen-bond donors (Lipinski definition) is 2. The molecule has 5 heteroatoms. The molecule has 0 aliphatic carbocycles. The number of nitrogens with one attached hydrogen (secondary N) is 1. The molecular weight excluding hydrogens is 256 g/mol. The van der Waals surface area contributed by atoms with Crippen molar-refractivity contribution in [2.24, 2.45) is 5.92 Å². The van der Waals surface area contributed by atoms with E-state index < -0.39 is 0 Å². The molecule has 1 aliphatic rings. The Balaban J connectivity index is 1.94. The molecule has 1 aromatic rings. The topological polar surface area (TPSA) is 61.8 Å². The molecule has 0 bridgehead atoms. The number of benzene rings is 1. The largest absolute Gasteiger partial charge is 0.497 e. The number of nitrogens with zero attached hydrogens (tertiary/aromatic N) is 1. The number of piperidine rings is 1. The van der Waals surface area contributed by atoms with Gasteiger partial charge in [-0.25, -0.2) is 4.79 Å². The van der Waals surface area contributed by atoms with Crippen molar-refractivity contribution in [1.29, 1.82) is 0 Å². The second kappa shape index (κ2) is 6.61. The van der Waals surface area contributed by atoms with Gasteiger partial charge in [-0.2, -0.15) is 0 Å². The van der Waals surface area contributed by atoms with Gasteiger partial charge in [0.2, 0.25) is 0 Å². The molecular formula is C15H22N2O3. The zero-order chi connectivity index (χ0) is 14.5. The highest BCUT2D eigenvalue weighted by molar-refractivity contribution is 5.89. The summed E-state index contributed by atoms with van der Waals surface area (Å²) < 4.78 is 5.08. The first-order valence-corrected chi connectivity index (χ1v) is 7.02. The molecule has 0 saturated carbocycles. The SMILES string of the molecule is CCC1CN(C(=O)Nc2ccc(OC)cc2)CCC1O. The Hall–Kier alpha value is -1.75. The summed E-state index contributed by atoms with van der Waals surface area (Å²) >= 11 is 0. The molecule has 2 N–H and O–H groups in total. The molecule has 1 fully saturated rings. The van der Waals surface area contributed by atoms with Crippen LogP contribution in [0, 0.1) is 5.92 Å². The highest BCUT2D eigenvalue weighted by Gasteiger charge is 2.28. The number of amides is 2. The Bertz CT molecular complexity index is 447. The Labute approximate surface area is 119 Å². The molecule has 20 heavy (non-hydrogen) atoms. The summed E-state index contributed by atoms with van der Waals surface area (Å²) in [5.41, 5.74) is 0.745. The normalized spacial score (nSPS) is 22.4. The van der Waals surface area contributed by atoms with Crippen LogP contribution in [-0.4, -0.2) is 42.3 Å². The number of carbonyl (C=O) groups is 1. The number of likely N-dealkylation sites (tertiary alicyclic amines) is 1. The number of anilines is 1. The molecule has 0 aromatic heterocycles. The Morgan fingerprint density at radius 2 is 2.15 bits per heavy atom. The number of carbonyl (C=O) groups excluding carboxylic acids is 1. The van der Waals surface area contributed by atoms with Gasteiger partial charge in [0.25, 0.3) is 0 Å². The van der Waals surface area contributed by atoms with Crippen LogP contribution in [0.4, 0.5) is 10.5 Å². The van der Waals surface area contributed by atoms with E-state index in [4.69, 9.17) is 4.74 Å². The lowest BCUT2D eigenvalue weighted by Crippen LogP contribution is -2.47. The van der Waals surface area contributed by atoms with Gasteiger partial charge in [0, 0.05) is 24.7 Å². The lowest BCUT2D eigenvalue weighted by Gasteiger charge is -2.35. The predicted molar refractivity (Wildman–Crippen MR) is 78.0 cm³/mol. The first-order chi connectivity index (χ1) is 9.63. The molecule has 2 atom stereocenters. The van der Waals surface area contributed by atoms with Crippen molar-refractivity contribution >= 4 is 11.7 Å². The standard InChI is InChI=1S/C15H22N2O3/c1-3-11-10-17(9-8-14(11)18)15(19)16-12-4-6-13(20-2)7-5-12/h4-7,11,14,18H,3,8-10H2,1-2H3,(H,16,19). The Morgan fingerprint density at radius 1 is 1.45 bits per heavy atom. The van der Waals surface area contributed by atoms with Crippen LogP contribution < -0.4 is 10.1 Å². The van der Waals surface area contributed by atoms with Gasteiger partial charge < -0.3 is 20.1 Å². The van der Waals surface area contributed by atoms with Crippen molar-refractivity contribution in [2.75, 3.05) is 25.5 Å². The Morgan fingerprint density at radius 3 is 2.75 bits per heavy atom. The molecule has 2 amide bonds. The molecule has 1 saturated heterocycles. The van der Waals surface area contributed by atoms with E-state index in [0.717, 1.165) is 17.9 Å². The zero-order valence-electron chi connectivity index (χ0n) is 12.0. The number of rotatable bonds is 3. The molecule has 1 aliphatic heterocycles. The van der Waals surface area contributed by atoms with Gasteiger partial charge in [0.15, 0.2) is 0 Å². The van der Waals surface area contributed by atoms with Crippen LogP contribution in [0.25, 0.3) is 0 Å². The second-order valence-electron chi connectivity index (χ2n) is 5.13. The van der Waals surface area contributed by atoms with Gasteiger partial charge in [0.05, 0.1) is 13.2 Å². The third-order valence-corrected chi connectivity index (χ3v) is 3.85. The van der Waals surface area contributed by atoms with E-state index in [2.05, 4.69) is 5.32 Å². The quantitative estimate of drug-likeness (QED) is 0.892. The summed E-state index contributed by atoms with van der Waals surface area (Å²) in [6, 6.07) is 7.13. The first kappa shape index (κ1) is 14.7. The summed E-state index contributed by atoms with van der Waals surface area (Å²) in [4.78, 5) is 14.0. The van der Waals surface area contributed by atoms with Gasteiger partial charge in [-0.15, -0.1) is 0 Å². The molecule has 0 radical (unpaired) electrons. The van der Waals surface area contributed by atoms with E-state index in [0.29, 0.717) is 19.5 Å². The maximum atomic E-state index is 12.2. The average Bonchev–Trinajstić information content (AvgIpc) is 2.48. The number of methoxy groups -OCH3 is 1. The number of hydrogen-bond acceptors (Lipinski definition) is 3.